The van der Waals surface area contributed by atoms with Crippen LogP contribution >= 0.6 is 0 Å². The molecule has 270 valence electrons. The Hall–Kier alpha value is -1.43. The van der Waals surface area contributed by atoms with Gasteiger partial charge in [0, 0.05) is 0 Å². The predicted molar refractivity (Wildman–Crippen MR) is 173 cm³/mol. The topological polar surface area (TPSA) is 147 Å². The molecular weight excluding hydrogens is 624 g/mol. The number of ether oxygens (including phenoxy) is 9. The summed E-state index contributed by atoms with van der Waals surface area (Å²) in [6, 6.07) is 8.38. The lowest BCUT2D eigenvalue weighted by molar-refractivity contribution is -0.0241. The van der Waals surface area contributed by atoms with Crippen molar-refractivity contribution in [2.24, 2.45) is 5.41 Å². The Balaban J connectivity index is 1.78. The summed E-state index contributed by atoms with van der Waals surface area (Å²) >= 11 is 0. The van der Waals surface area contributed by atoms with Gasteiger partial charge in [-0.2, -0.15) is 8.42 Å². The van der Waals surface area contributed by atoms with Crippen molar-refractivity contribution < 1.29 is 59.8 Å². The van der Waals surface area contributed by atoms with Gasteiger partial charge in [-0.1, -0.05) is 46.8 Å². The minimum absolute atomic E-state index is 0.0329. The van der Waals surface area contributed by atoms with Gasteiger partial charge in [-0.3, -0.25) is 4.55 Å². The molecule has 0 amide bonds. The van der Waals surface area contributed by atoms with Gasteiger partial charge in [0.05, 0.1) is 112 Å². The zero-order chi connectivity index (χ0) is 34.0. The first-order valence-corrected chi connectivity index (χ1v) is 17.2. The molecule has 0 unspecified atom stereocenters. The van der Waals surface area contributed by atoms with Crippen molar-refractivity contribution in [3.8, 4) is 5.75 Å². The van der Waals surface area contributed by atoms with Crippen LogP contribution in [0.15, 0.2) is 24.3 Å². The molecule has 1 aromatic carbocycles. The normalized spacial score (nSPS) is 12.6. The summed E-state index contributed by atoms with van der Waals surface area (Å²) in [4.78, 5) is 0. The highest BCUT2D eigenvalue weighted by atomic mass is 32.3. The first kappa shape index (κ1) is 42.6. The molecule has 1 rings (SSSR count). The molecular formula is C32H58O13S. The van der Waals surface area contributed by atoms with E-state index in [1.54, 1.807) is 0 Å². The Morgan fingerprint density at radius 2 is 0.804 bits per heavy atom. The molecule has 0 bridgehead atoms. The molecule has 0 saturated heterocycles. The highest BCUT2D eigenvalue weighted by molar-refractivity contribution is 7.80. The van der Waals surface area contributed by atoms with Crippen LogP contribution in [-0.4, -0.2) is 132 Å². The fourth-order valence-corrected chi connectivity index (χ4v) is 4.77. The fourth-order valence-electron chi connectivity index (χ4n) is 4.49. The van der Waals surface area contributed by atoms with E-state index < -0.39 is 10.4 Å². The van der Waals surface area contributed by atoms with E-state index >= 15 is 0 Å². The highest BCUT2D eigenvalue weighted by Gasteiger charge is 2.27. The lowest BCUT2D eigenvalue weighted by Crippen LogP contribution is -2.24. The van der Waals surface area contributed by atoms with Gasteiger partial charge in [0.25, 0.3) is 0 Å². The van der Waals surface area contributed by atoms with Gasteiger partial charge in [0.2, 0.25) is 0 Å². The van der Waals surface area contributed by atoms with Crippen LogP contribution in [0.3, 0.4) is 0 Å². The maximum atomic E-state index is 10.3. The zero-order valence-electron chi connectivity index (χ0n) is 28.5. The van der Waals surface area contributed by atoms with Gasteiger partial charge in [0.1, 0.15) is 12.4 Å². The van der Waals surface area contributed by atoms with E-state index in [2.05, 4.69) is 50.9 Å². The molecule has 0 aliphatic rings. The molecule has 0 spiro atoms. The number of hydrogen-bond donors (Lipinski definition) is 1. The van der Waals surface area contributed by atoms with E-state index in [-0.39, 0.29) is 30.7 Å². The van der Waals surface area contributed by atoms with E-state index in [4.69, 9.17) is 47.2 Å². The molecule has 0 radical (unpaired) electrons. The Labute approximate surface area is 276 Å². The standard InChI is InChI=1S/C32H58O13S/c1-31(2,3)28-32(4,5)29-6-8-30(9-7-29)44-26-24-42-22-20-40-18-16-38-14-12-36-10-11-37-13-15-39-17-19-41-21-23-43-25-27-45-46(33,34)35/h6-9H,10-28H2,1-5H3,(H,33,34,35). The maximum Gasteiger partial charge on any atom is 0.397 e. The summed E-state index contributed by atoms with van der Waals surface area (Å²) in [5.41, 5.74) is 1.71. The second kappa shape index (κ2) is 25.6. The summed E-state index contributed by atoms with van der Waals surface area (Å²) in [6.07, 6.45) is 1.11. The largest absolute Gasteiger partial charge is 0.491 e. The van der Waals surface area contributed by atoms with Crippen LogP contribution in [0.25, 0.3) is 0 Å². The summed E-state index contributed by atoms with van der Waals surface area (Å²) in [6.45, 7) is 18.4. The van der Waals surface area contributed by atoms with E-state index in [9.17, 15) is 8.42 Å². The third-order valence-corrected chi connectivity index (χ3v) is 6.63. The summed E-state index contributed by atoms with van der Waals surface area (Å²) in [7, 11) is -4.42. The summed E-state index contributed by atoms with van der Waals surface area (Å²) in [5.74, 6) is 0.850. The quantitative estimate of drug-likeness (QED) is 0.0897. The second-order valence-corrected chi connectivity index (χ2v) is 13.2. The number of hydrogen-bond acceptors (Lipinski definition) is 12. The summed E-state index contributed by atoms with van der Waals surface area (Å²) < 4.78 is 82.2. The van der Waals surface area contributed by atoms with Gasteiger partial charge in [-0.05, 0) is 34.9 Å². The van der Waals surface area contributed by atoms with Crippen molar-refractivity contribution in [2.75, 3.05) is 119 Å². The van der Waals surface area contributed by atoms with E-state index in [1.807, 2.05) is 12.1 Å². The first-order valence-electron chi connectivity index (χ1n) is 15.9. The molecule has 0 heterocycles. The van der Waals surface area contributed by atoms with Crippen molar-refractivity contribution in [3.63, 3.8) is 0 Å². The minimum atomic E-state index is -4.42. The monoisotopic (exact) mass is 682 g/mol. The SMILES string of the molecule is CC(C)(C)CC(C)(C)c1ccc(OCCOCCOCCOCCOCCOCCOCCOCCOCCOS(=O)(=O)O)cc1. The molecule has 0 aromatic heterocycles. The Morgan fingerprint density at radius 3 is 1.11 bits per heavy atom. The molecule has 0 fully saturated rings. The lowest BCUT2D eigenvalue weighted by Gasteiger charge is -2.33. The Bertz CT molecular complexity index is 950. The zero-order valence-corrected chi connectivity index (χ0v) is 29.3. The van der Waals surface area contributed by atoms with E-state index in [0.29, 0.717) is 99.1 Å². The van der Waals surface area contributed by atoms with Gasteiger partial charge < -0.3 is 42.6 Å². The highest BCUT2D eigenvalue weighted by Crippen LogP contribution is 2.36. The molecule has 0 atom stereocenters. The molecule has 1 N–H and O–H groups in total. The third kappa shape index (κ3) is 26.6. The van der Waals surface area contributed by atoms with Crippen LogP contribution in [0, 0.1) is 5.41 Å². The Kier molecular flexibility index (Phi) is 23.7. The van der Waals surface area contributed by atoms with Crippen LogP contribution in [-0.2, 0) is 57.9 Å². The van der Waals surface area contributed by atoms with Crippen molar-refractivity contribution >= 4 is 10.4 Å². The van der Waals surface area contributed by atoms with Crippen LogP contribution < -0.4 is 4.74 Å². The maximum absolute atomic E-state index is 10.3. The van der Waals surface area contributed by atoms with Crippen LogP contribution in [0.4, 0.5) is 0 Å². The average Bonchev–Trinajstić information content (AvgIpc) is 2.97. The van der Waals surface area contributed by atoms with Gasteiger partial charge >= 0.3 is 10.4 Å². The smallest absolute Gasteiger partial charge is 0.397 e. The molecule has 14 heteroatoms. The minimum Gasteiger partial charge on any atom is -0.491 e. The van der Waals surface area contributed by atoms with Crippen molar-refractivity contribution in [3.05, 3.63) is 29.8 Å². The third-order valence-electron chi connectivity index (χ3n) is 6.17. The van der Waals surface area contributed by atoms with Gasteiger partial charge in [-0.15, -0.1) is 0 Å². The summed E-state index contributed by atoms with van der Waals surface area (Å²) in [5, 5.41) is 0. The van der Waals surface area contributed by atoms with Crippen molar-refractivity contribution in [1.29, 1.82) is 0 Å². The van der Waals surface area contributed by atoms with Crippen molar-refractivity contribution in [1.82, 2.24) is 0 Å². The predicted octanol–water partition coefficient (Wildman–Crippen LogP) is 3.73. The van der Waals surface area contributed by atoms with Crippen LogP contribution in [0.5, 0.6) is 5.75 Å². The second-order valence-electron chi connectivity index (χ2n) is 12.1. The lowest BCUT2D eigenvalue weighted by atomic mass is 9.72. The molecule has 46 heavy (non-hydrogen) atoms. The molecule has 0 aliphatic carbocycles. The Morgan fingerprint density at radius 1 is 0.500 bits per heavy atom. The van der Waals surface area contributed by atoms with Gasteiger partial charge in [-0.25, -0.2) is 4.18 Å². The van der Waals surface area contributed by atoms with Gasteiger partial charge in [0.15, 0.2) is 0 Å². The van der Waals surface area contributed by atoms with Crippen LogP contribution in [0.2, 0.25) is 0 Å². The fraction of sp³-hybridized carbons (Fsp3) is 0.812. The molecule has 13 nitrogen and oxygen atoms in total. The van der Waals surface area contributed by atoms with E-state index in [0.717, 1.165) is 12.2 Å². The number of benzene rings is 1. The van der Waals surface area contributed by atoms with Crippen LogP contribution in [0.1, 0.15) is 46.6 Å². The molecule has 1 aromatic rings. The molecule has 0 aliphatic heterocycles. The van der Waals surface area contributed by atoms with E-state index in [1.165, 1.54) is 5.56 Å². The van der Waals surface area contributed by atoms with Crippen molar-refractivity contribution in [2.45, 2.75) is 46.5 Å². The average molecular weight is 683 g/mol. The molecule has 0 saturated carbocycles. The number of rotatable bonds is 31. The first-order chi connectivity index (χ1) is 21.9.